The first kappa shape index (κ1) is 11.9. The summed E-state index contributed by atoms with van der Waals surface area (Å²) >= 11 is 0. The average Bonchev–Trinajstić information content (AvgIpc) is 2.11. The third kappa shape index (κ3) is 2.23. The summed E-state index contributed by atoms with van der Waals surface area (Å²) in [6, 6.07) is 0. The third-order valence-electron chi connectivity index (χ3n) is 4.42. The van der Waals surface area contributed by atoms with Crippen molar-refractivity contribution in [1.82, 2.24) is 10.6 Å². The molecule has 1 saturated carbocycles. The fourth-order valence-corrected chi connectivity index (χ4v) is 2.74. The van der Waals surface area contributed by atoms with Crippen LogP contribution in [-0.4, -0.2) is 36.2 Å². The minimum absolute atomic E-state index is 0.177. The Hall–Kier alpha value is -0.610. The maximum absolute atomic E-state index is 10.8. The molecule has 3 N–H and O–H groups in total. The van der Waals surface area contributed by atoms with Gasteiger partial charge in [-0.3, -0.25) is 4.79 Å². The fraction of sp³-hybridized carbons (Fsp3) is 0.917. The Bertz CT molecular complexity index is 265. The maximum Gasteiger partial charge on any atom is 0.305 e. The van der Waals surface area contributed by atoms with Gasteiger partial charge in [-0.1, -0.05) is 13.3 Å². The van der Waals surface area contributed by atoms with Gasteiger partial charge in [-0.25, -0.2) is 0 Å². The minimum atomic E-state index is -0.701. The van der Waals surface area contributed by atoms with Gasteiger partial charge in [0, 0.05) is 19.6 Å². The second kappa shape index (κ2) is 4.34. The normalized spacial score (nSPS) is 25.6. The molecule has 1 aliphatic heterocycles. The van der Waals surface area contributed by atoms with E-state index >= 15 is 0 Å². The molecule has 0 atom stereocenters. The van der Waals surface area contributed by atoms with Crippen LogP contribution in [-0.2, 0) is 4.79 Å². The molecule has 0 spiro atoms. The van der Waals surface area contributed by atoms with E-state index in [0.29, 0.717) is 5.41 Å². The van der Waals surface area contributed by atoms with Gasteiger partial charge in [0.15, 0.2) is 0 Å². The monoisotopic (exact) mass is 226 g/mol. The van der Waals surface area contributed by atoms with E-state index in [4.69, 9.17) is 5.11 Å². The Morgan fingerprint density at radius 3 is 2.44 bits per heavy atom. The third-order valence-corrected chi connectivity index (χ3v) is 4.42. The Balaban J connectivity index is 1.85. The summed E-state index contributed by atoms with van der Waals surface area (Å²) in [6.45, 7) is 4.81. The summed E-state index contributed by atoms with van der Waals surface area (Å²) < 4.78 is 0. The van der Waals surface area contributed by atoms with Crippen LogP contribution in [0.15, 0.2) is 0 Å². The molecule has 0 aromatic rings. The quantitative estimate of drug-likeness (QED) is 0.631. The molecule has 1 heterocycles. The molecule has 4 heteroatoms. The van der Waals surface area contributed by atoms with Gasteiger partial charge in [-0.05, 0) is 24.7 Å². The Labute approximate surface area is 96.8 Å². The van der Waals surface area contributed by atoms with Crippen LogP contribution in [0, 0.1) is 5.41 Å². The van der Waals surface area contributed by atoms with Crippen LogP contribution >= 0.6 is 0 Å². The lowest BCUT2D eigenvalue weighted by atomic mass is 9.66. The van der Waals surface area contributed by atoms with Crippen LogP contribution in [0.1, 0.15) is 39.0 Å². The van der Waals surface area contributed by atoms with E-state index in [9.17, 15) is 4.79 Å². The highest BCUT2D eigenvalue weighted by molar-refractivity contribution is 5.68. The number of nitrogens with one attached hydrogen (secondary N) is 2. The molecule has 2 rings (SSSR count). The van der Waals surface area contributed by atoms with Gasteiger partial charge in [-0.2, -0.15) is 0 Å². The lowest BCUT2D eigenvalue weighted by Crippen LogP contribution is -2.69. The molecule has 2 aliphatic rings. The highest BCUT2D eigenvalue weighted by Gasteiger charge is 2.42. The fourth-order valence-electron chi connectivity index (χ4n) is 2.74. The summed E-state index contributed by atoms with van der Waals surface area (Å²) in [6.07, 6.45) is 5.37. The van der Waals surface area contributed by atoms with E-state index in [0.717, 1.165) is 19.6 Å². The van der Waals surface area contributed by atoms with Crippen molar-refractivity contribution in [3.8, 4) is 0 Å². The molecular weight excluding hydrogens is 204 g/mol. The molecule has 0 aromatic carbocycles. The molecule has 0 amide bonds. The average molecular weight is 226 g/mol. The van der Waals surface area contributed by atoms with Gasteiger partial charge >= 0.3 is 5.97 Å². The summed E-state index contributed by atoms with van der Waals surface area (Å²) in [5.74, 6) is -0.701. The number of hydrogen-bond acceptors (Lipinski definition) is 3. The zero-order valence-corrected chi connectivity index (χ0v) is 10.0. The van der Waals surface area contributed by atoms with Crippen molar-refractivity contribution in [3.05, 3.63) is 0 Å². The van der Waals surface area contributed by atoms with E-state index in [1.54, 1.807) is 0 Å². The number of carbonyl (C=O) groups is 1. The summed E-state index contributed by atoms with van der Waals surface area (Å²) in [7, 11) is 0. The molecule has 1 saturated heterocycles. The summed E-state index contributed by atoms with van der Waals surface area (Å²) in [5, 5.41) is 15.6. The molecular formula is C12H22N2O2. The number of hydrogen-bond donors (Lipinski definition) is 3. The topological polar surface area (TPSA) is 61.4 Å². The van der Waals surface area contributed by atoms with Crippen LogP contribution in [0.3, 0.4) is 0 Å². The van der Waals surface area contributed by atoms with E-state index < -0.39 is 5.97 Å². The van der Waals surface area contributed by atoms with Gasteiger partial charge in [-0.15, -0.1) is 0 Å². The van der Waals surface area contributed by atoms with Crippen LogP contribution in [0.2, 0.25) is 0 Å². The van der Waals surface area contributed by atoms with Crippen molar-refractivity contribution in [3.63, 3.8) is 0 Å². The van der Waals surface area contributed by atoms with E-state index in [1.807, 2.05) is 0 Å². The van der Waals surface area contributed by atoms with Gasteiger partial charge in [0.2, 0.25) is 0 Å². The first-order valence-electron chi connectivity index (χ1n) is 6.27. The van der Waals surface area contributed by atoms with Gasteiger partial charge in [0.05, 0.1) is 12.0 Å². The first-order chi connectivity index (χ1) is 7.60. The van der Waals surface area contributed by atoms with Gasteiger partial charge < -0.3 is 15.7 Å². The zero-order chi connectivity index (χ0) is 11.6. The highest BCUT2D eigenvalue weighted by atomic mass is 16.4. The predicted octanol–water partition coefficient (Wildman–Crippen LogP) is 0.973. The molecule has 0 radical (unpaired) electrons. The molecule has 16 heavy (non-hydrogen) atoms. The van der Waals surface area contributed by atoms with E-state index in [-0.39, 0.29) is 12.0 Å². The standard InChI is InChI=1S/C12H22N2O2/c1-2-11(4-3-5-11)7-14-12(6-10(15)16)8-13-9-12/h13-14H,2-9H2,1H3,(H,15,16). The van der Waals surface area contributed by atoms with Gasteiger partial charge in [0.1, 0.15) is 0 Å². The van der Waals surface area contributed by atoms with Gasteiger partial charge in [0.25, 0.3) is 0 Å². The predicted molar refractivity (Wildman–Crippen MR) is 62.4 cm³/mol. The van der Waals surface area contributed by atoms with Crippen molar-refractivity contribution < 1.29 is 9.90 Å². The molecule has 92 valence electrons. The van der Waals surface area contributed by atoms with E-state index in [2.05, 4.69) is 17.6 Å². The zero-order valence-electron chi connectivity index (χ0n) is 10.0. The van der Waals surface area contributed by atoms with E-state index in [1.165, 1.54) is 25.7 Å². The molecule has 2 fully saturated rings. The molecule has 0 aromatic heterocycles. The summed E-state index contributed by atoms with van der Waals surface area (Å²) in [5.41, 5.74) is 0.282. The SMILES string of the molecule is CCC1(CNC2(CC(=O)O)CNC2)CCC1. The Kier molecular flexibility index (Phi) is 3.22. The van der Waals surface area contributed by atoms with Crippen molar-refractivity contribution in [2.24, 2.45) is 5.41 Å². The van der Waals surface area contributed by atoms with Crippen LogP contribution in [0.4, 0.5) is 0 Å². The van der Waals surface area contributed by atoms with Crippen molar-refractivity contribution in [1.29, 1.82) is 0 Å². The number of rotatable bonds is 6. The molecule has 4 nitrogen and oxygen atoms in total. The van der Waals surface area contributed by atoms with Crippen molar-refractivity contribution in [2.75, 3.05) is 19.6 Å². The highest BCUT2D eigenvalue weighted by Crippen LogP contribution is 2.43. The van der Waals surface area contributed by atoms with Crippen molar-refractivity contribution >= 4 is 5.97 Å². The smallest absolute Gasteiger partial charge is 0.305 e. The Morgan fingerprint density at radius 1 is 1.44 bits per heavy atom. The molecule has 1 aliphatic carbocycles. The molecule has 0 bridgehead atoms. The summed E-state index contributed by atoms with van der Waals surface area (Å²) in [4.78, 5) is 10.8. The number of aliphatic carboxylic acids is 1. The van der Waals surface area contributed by atoms with Crippen molar-refractivity contribution in [2.45, 2.75) is 44.6 Å². The minimum Gasteiger partial charge on any atom is -0.481 e. The number of carboxylic acids is 1. The maximum atomic E-state index is 10.8. The largest absolute Gasteiger partial charge is 0.481 e. The lowest BCUT2D eigenvalue weighted by molar-refractivity contribution is -0.139. The Morgan fingerprint density at radius 2 is 2.12 bits per heavy atom. The first-order valence-corrected chi connectivity index (χ1v) is 6.27. The second-order valence-corrected chi connectivity index (χ2v) is 5.52. The van der Waals surface area contributed by atoms with Crippen LogP contribution in [0.5, 0.6) is 0 Å². The van der Waals surface area contributed by atoms with Crippen LogP contribution in [0.25, 0.3) is 0 Å². The van der Waals surface area contributed by atoms with Crippen LogP contribution < -0.4 is 10.6 Å². The molecule has 0 unspecified atom stereocenters. The lowest BCUT2D eigenvalue weighted by Gasteiger charge is -2.48. The second-order valence-electron chi connectivity index (χ2n) is 5.52. The number of carboxylic acid groups (broad SMARTS) is 1.